The van der Waals surface area contributed by atoms with E-state index in [1.54, 1.807) is 85.8 Å². The van der Waals surface area contributed by atoms with Gasteiger partial charge in [0.05, 0.1) is 6.04 Å². The van der Waals surface area contributed by atoms with E-state index in [2.05, 4.69) is 15.3 Å². The lowest BCUT2D eigenvalue weighted by molar-refractivity contribution is -0.127. The number of carbonyl (C=O) groups is 3. The van der Waals surface area contributed by atoms with E-state index in [-0.39, 0.29) is 11.5 Å². The van der Waals surface area contributed by atoms with Crippen LogP contribution < -0.4 is 5.32 Å². The normalized spacial score (nSPS) is 12.6. The number of amides is 2. The maximum Gasteiger partial charge on any atom is 0.255 e. The Balaban J connectivity index is 2.25. The number of benzene rings is 3. The second-order valence-corrected chi connectivity index (χ2v) is 9.87. The Labute approximate surface area is 216 Å². The summed E-state index contributed by atoms with van der Waals surface area (Å²) in [5.41, 5.74) is 10.8. The van der Waals surface area contributed by atoms with Crippen molar-refractivity contribution in [1.82, 2.24) is 10.2 Å². The van der Waals surface area contributed by atoms with Gasteiger partial charge in [-0.1, -0.05) is 77.4 Å². The molecule has 2 atom stereocenters. The SMILES string of the molecule is Cc1ccc(C(=O)N(C(C)C(=O)c2ccccc2)C(C(=O)NC(C)(C)C)c2ccccc2N=[N+]=[N-])cc1. The zero-order valence-electron chi connectivity index (χ0n) is 21.7. The lowest BCUT2D eigenvalue weighted by Gasteiger charge is -2.37. The summed E-state index contributed by atoms with van der Waals surface area (Å²) in [4.78, 5) is 45.7. The van der Waals surface area contributed by atoms with E-state index in [1.165, 1.54) is 4.90 Å². The summed E-state index contributed by atoms with van der Waals surface area (Å²) in [6, 6.07) is 19.9. The van der Waals surface area contributed by atoms with Crippen molar-refractivity contribution in [1.29, 1.82) is 0 Å². The number of nitrogens with zero attached hydrogens (tertiary/aromatic N) is 4. The van der Waals surface area contributed by atoms with Gasteiger partial charge in [0.25, 0.3) is 5.91 Å². The van der Waals surface area contributed by atoms with Crippen molar-refractivity contribution in [3.8, 4) is 0 Å². The first-order valence-electron chi connectivity index (χ1n) is 12.0. The number of nitrogens with one attached hydrogen (secondary N) is 1. The highest BCUT2D eigenvalue weighted by Gasteiger charge is 2.40. The second kappa shape index (κ2) is 11.5. The van der Waals surface area contributed by atoms with Crippen LogP contribution in [-0.2, 0) is 4.79 Å². The molecule has 0 aliphatic carbocycles. The van der Waals surface area contributed by atoms with Crippen LogP contribution in [0.4, 0.5) is 5.69 Å². The minimum atomic E-state index is -1.25. The van der Waals surface area contributed by atoms with Crippen LogP contribution >= 0.6 is 0 Å². The molecule has 0 aliphatic heterocycles. The van der Waals surface area contributed by atoms with Crippen LogP contribution in [0.1, 0.15) is 65.6 Å². The number of ketones is 1. The summed E-state index contributed by atoms with van der Waals surface area (Å²) >= 11 is 0. The standard InChI is InChI=1S/C29H31N5O3/c1-19-15-17-22(18-16-19)28(37)34(20(2)26(35)21-11-7-6-8-12-21)25(27(36)31-29(3,4)5)23-13-9-10-14-24(23)32-33-30/h6-18,20,25H,1-5H3,(H,31,36). The molecular weight excluding hydrogens is 466 g/mol. The fraction of sp³-hybridized carbons (Fsp3) is 0.276. The monoisotopic (exact) mass is 497 g/mol. The largest absolute Gasteiger partial charge is 0.349 e. The Morgan fingerprint density at radius 1 is 0.892 bits per heavy atom. The third-order valence-electron chi connectivity index (χ3n) is 5.80. The number of hydrogen-bond acceptors (Lipinski definition) is 4. The van der Waals surface area contributed by atoms with E-state index >= 15 is 0 Å². The van der Waals surface area contributed by atoms with E-state index in [0.717, 1.165) is 5.56 Å². The molecule has 2 unspecified atom stereocenters. The molecule has 0 heterocycles. The molecule has 3 aromatic rings. The number of Topliss-reactive ketones (excluding diaryl/α,β-unsaturated/α-hetero) is 1. The maximum atomic E-state index is 14.1. The van der Waals surface area contributed by atoms with Gasteiger partial charge in [0.15, 0.2) is 5.78 Å². The van der Waals surface area contributed by atoms with Gasteiger partial charge in [-0.15, -0.1) is 0 Å². The molecule has 8 heteroatoms. The molecule has 0 fully saturated rings. The summed E-state index contributed by atoms with van der Waals surface area (Å²) < 4.78 is 0. The Morgan fingerprint density at radius 2 is 1.49 bits per heavy atom. The average molecular weight is 498 g/mol. The molecule has 2 amide bonds. The molecule has 3 rings (SSSR count). The molecule has 0 aromatic heterocycles. The van der Waals surface area contributed by atoms with Crippen molar-refractivity contribution in [3.63, 3.8) is 0 Å². The number of aryl methyl sites for hydroxylation is 1. The van der Waals surface area contributed by atoms with Gasteiger partial charge < -0.3 is 10.2 Å². The van der Waals surface area contributed by atoms with Crippen LogP contribution in [0.5, 0.6) is 0 Å². The van der Waals surface area contributed by atoms with Crippen molar-refractivity contribution >= 4 is 23.3 Å². The first kappa shape index (κ1) is 27.2. The van der Waals surface area contributed by atoms with Crippen molar-refractivity contribution in [2.24, 2.45) is 5.11 Å². The molecule has 0 aliphatic rings. The smallest absolute Gasteiger partial charge is 0.255 e. The van der Waals surface area contributed by atoms with Gasteiger partial charge >= 0.3 is 0 Å². The Hall–Kier alpha value is -4.42. The van der Waals surface area contributed by atoms with Crippen molar-refractivity contribution in [3.05, 3.63) is 112 Å². The topological polar surface area (TPSA) is 115 Å². The van der Waals surface area contributed by atoms with Gasteiger partial charge in [0, 0.05) is 27.3 Å². The molecule has 1 N–H and O–H groups in total. The molecule has 3 aromatic carbocycles. The minimum absolute atomic E-state index is 0.195. The molecule has 8 nitrogen and oxygen atoms in total. The molecule has 190 valence electrons. The Kier molecular flexibility index (Phi) is 8.48. The number of carbonyl (C=O) groups excluding carboxylic acids is 3. The van der Waals surface area contributed by atoms with Crippen LogP contribution in [0.2, 0.25) is 0 Å². The van der Waals surface area contributed by atoms with Crippen LogP contribution in [0.3, 0.4) is 0 Å². The van der Waals surface area contributed by atoms with Gasteiger partial charge in [-0.25, -0.2) is 0 Å². The van der Waals surface area contributed by atoms with Gasteiger partial charge in [-0.2, -0.15) is 0 Å². The summed E-state index contributed by atoms with van der Waals surface area (Å²) in [5.74, 6) is -1.32. The fourth-order valence-corrected chi connectivity index (χ4v) is 4.05. The van der Waals surface area contributed by atoms with Crippen LogP contribution in [0, 0.1) is 6.92 Å². The quantitative estimate of drug-likeness (QED) is 0.170. The van der Waals surface area contributed by atoms with Crippen molar-refractivity contribution < 1.29 is 14.4 Å². The lowest BCUT2D eigenvalue weighted by Crippen LogP contribution is -2.53. The van der Waals surface area contributed by atoms with Crippen molar-refractivity contribution in [2.45, 2.75) is 52.2 Å². The van der Waals surface area contributed by atoms with E-state index in [4.69, 9.17) is 0 Å². The van der Waals surface area contributed by atoms with Crippen LogP contribution in [0.15, 0.2) is 84.0 Å². The number of azide groups is 1. The van der Waals surface area contributed by atoms with Gasteiger partial charge in [0.2, 0.25) is 5.91 Å². The van der Waals surface area contributed by atoms with Crippen LogP contribution in [0.25, 0.3) is 10.4 Å². The van der Waals surface area contributed by atoms with Gasteiger partial charge in [0.1, 0.15) is 6.04 Å². The molecule has 37 heavy (non-hydrogen) atoms. The van der Waals surface area contributed by atoms with E-state index in [9.17, 15) is 19.9 Å². The first-order chi connectivity index (χ1) is 17.5. The molecule has 0 saturated heterocycles. The maximum absolute atomic E-state index is 14.1. The highest BCUT2D eigenvalue weighted by molar-refractivity contribution is 6.06. The van der Waals surface area contributed by atoms with Gasteiger partial charge in [-0.3, -0.25) is 14.4 Å². The molecule has 0 bridgehead atoms. The zero-order valence-corrected chi connectivity index (χ0v) is 21.7. The lowest BCUT2D eigenvalue weighted by atomic mass is 9.95. The Bertz CT molecular complexity index is 1320. The van der Waals surface area contributed by atoms with Crippen molar-refractivity contribution in [2.75, 3.05) is 0 Å². The highest BCUT2D eigenvalue weighted by Crippen LogP contribution is 2.34. The van der Waals surface area contributed by atoms with Gasteiger partial charge in [-0.05, 0) is 57.8 Å². The first-order valence-corrected chi connectivity index (χ1v) is 12.0. The van der Waals surface area contributed by atoms with Crippen LogP contribution in [-0.4, -0.2) is 34.1 Å². The predicted octanol–water partition coefficient (Wildman–Crippen LogP) is 6.31. The average Bonchev–Trinajstić information content (AvgIpc) is 2.86. The minimum Gasteiger partial charge on any atom is -0.349 e. The third kappa shape index (κ3) is 6.63. The third-order valence-corrected chi connectivity index (χ3v) is 5.80. The van der Waals surface area contributed by atoms with E-state index in [0.29, 0.717) is 16.7 Å². The highest BCUT2D eigenvalue weighted by atomic mass is 16.2. The predicted molar refractivity (Wildman–Crippen MR) is 143 cm³/mol. The summed E-state index contributed by atoms with van der Waals surface area (Å²) in [6.45, 7) is 8.99. The molecule has 0 saturated carbocycles. The number of rotatable bonds is 8. The van der Waals surface area contributed by atoms with E-state index < -0.39 is 29.4 Å². The summed E-state index contributed by atoms with van der Waals surface area (Å²) in [7, 11) is 0. The van der Waals surface area contributed by atoms with E-state index in [1.807, 2.05) is 27.7 Å². The fourth-order valence-electron chi connectivity index (χ4n) is 4.05. The molecule has 0 radical (unpaired) electrons. The summed E-state index contributed by atoms with van der Waals surface area (Å²) in [6.07, 6.45) is 0. The summed E-state index contributed by atoms with van der Waals surface area (Å²) in [5, 5.41) is 6.71. The second-order valence-electron chi connectivity index (χ2n) is 9.87. The number of hydrogen-bond donors (Lipinski definition) is 1. The molecular formula is C29H31N5O3. The Morgan fingerprint density at radius 3 is 2.08 bits per heavy atom. The molecule has 0 spiro atoms. The zero-order chi connectivity index (χ0) is 27.2.